The first-order valence-electron chi connectivity index (χ1n) is 6.80. The molecule has 0 aliphatic carbocycles. The number of ketones is 1. The highest BCUT2D eigenvalue weighted by atomic mass is 28.4. The predicted octanol–water partition coefficient (Wildman–Crippen LogP) is 4.57. The molecule has 0 aromatic heterocycles. The van der Waals surface area contributed by atoms with Gasteiger partial charge >= 0.3 is 0 Å². The van der Waals surface area contributed by atoms with E-state index in [9.17, 15) is 4.79 Å². The molecule has 0 fully saturated rings. The highest BCUT2D eigenvalue weighted by molar-refractivity contribution is 6.74. The monoisotopic (exact) mass is 270 g/mol. The standard InChI is InChI=1S/C15H30O2Si/c1-9-10-12(2)11-14(13(3)16)17-18(7,8)15(4,5)6/h9,12,14H,1,10-11H2,2-8H3/t12-,14-/m0/s1. The van der Waals surface area contributed by atoms with Crippen molar-refractivity contribution in [2.45, 2.75) is 71.7 Å². The van der Waals surface area contributed by atoms with Gasteiger partial charge in [-0.15, -0.1) is 6.58 Å². The molecule has 0 spiro atoms. The van der Waals surface area contributed by atoms with Gasteiger partial charge in [0, 0.05) is 0 Å². The topological polar surface area (TPSA) is 26.3 Å². The fourth-order valence-electron chi connectivity index (χ4n) is 1.58. The van der Waals surface area contributed by atoms with Crippen LogP contribution in [0.15, 0.2) is 12.7 Å². The summed E-state index contributed by atoms with van der Waals surface area (Å²) in [5, 5.41) is 0.141. The molecule has 106 valence electrons. The Morgan fingerprint density at radius 2 is 1.89 bits per heavy atom. The molecular weight excluding hydrogens is 240 g/mol. The summed E-state index contributed by atoms with van der Waals surface area (Å²) in [4.78, 5) is 11.8. The van der Waals surface area contributed by atoms with E-state index in [-0.39, 0.29) is 16.9 Å². The van der Waals surface area contributed by atoms with E-state index in [1.165, 1.54) is 0 Å². The molecule has 0 saturated heterocycles. The summed E-state index contributed by atoms with van der Waals surface area (Å²) in [6.45, 7) is 18.5. The van der Waals surface area contributed by atoms with Crippen molar-refractivity contribution in [1.29, 1.82) is 0 Å². The maximum absolute atomic E-state index is 11.8. The summed E-state index contributed by atoms with van der Waals surface area (Å²) in [5.74, 6) is 0.594. The molecule has 0 saturated carbocycles. The molecule has 0 aliphatic heterocycles. The Bertz CT molecular complexity index is 289. The van der Waals surface area contributed by atoms with E-state index in [0.717, 1.165) is 12.8 Å². The fraction of sp³-hybridized carbons (Fsp3) is 0.800. The average Bonchev–Trinajstić information content (AvgIpc) is 2.14. The second-order valence-electron chi connectivity index (χ2n) is 6.84. The molecule has 3 heteroatoms. The van der Waals surface area contributed by atoms with Crippen LogP contribution in [0.1, 0.15) is 47.5 Å². The number of carbonyl (C=O) groups is 1. The van der Waals surface area contributed by atoms with Crippen LogP contribution in [-0.2, 0) is 9.22 Å². The lowest BCUT2D eigenvalue weighted by Crippen LogP contribution is -2.46. The van der Waals surface area contributed by atoms with Crippen molar-refractivity contribution in [2.24, 2.45) is 5.92 Å². The van der Waals surface area contributed by atoms with E-state index in [1.807, 2.05) is 6.08 Å². The lowest BCUT2D eigenvalue weighted by Gasteiger charge is -2.39. The molecule has 2 atom stereocenters. The number of rotatable bonds is 7. The third kappa shape index (κ3) is 5.49. The van der Waals surface area contributed by atoms with Crippen molar-refractivity contribution in [3.8, 4) is 0 Å². The van der Waals surface area contributed by atoms with Crippen LogP contribution in [0, 0.1) is 5.92 Å². The van der Waals surface area contributed by atoms with Gasteiger partial charge in [0.15, 0.2) is 14.1 Å². The smallest absolute Gasteiger partial charge is 0.193 e. The molecule has 0 heterocycles. The Hall–Kier alpha value is -0.413. The van der Waals surface area contributed by atoms with Gasteiger partial charge in [-0.2, -0.15) is 0 Å². The van der Waals surface area contributed by atoms with Gasteiger partial charge in [0.25, 0.3) is 0 Å². The fourth-order valence-corrected chi connectivity index (χ4v) is 2.90. The SMILES string of the molecule is C=CC[C@H](C)C[C@H](O[Si](C)(C)C(C)(C)C)C(C)=O. The number of hydrogen-bond acceptors (Lipinski definition) is 2. The molecule has 0 unspecified atom stereocenters. The average molecular weight is 270 g/mol. The van der Waals surface area contributed by atoms with Gasteiger partial charge in [0.1, 0.15) is 6.10 Å². The van der Waals surface area contributed by atoms with Crippen LogP contribution >= 0.6 is 0 Å². The molecule has 0 aromatic carbocycles. The third-order valence-corrected chi connectivity index (χ3v) is 8.37. The first-order valence-corrected chi connectivity index (χ1v) is 9.71. The Kier molecular flexibility index (Phi) is 6.51. The number of carbonyl (C=O) groups excluding carboxylic acids is 1. The van der Waals surface area contributed by atoms with E-state index >= 15 is 0 Å². The Morgan fingerprint density at radius 1 is 1.39 bits per heavy atom. The van der Waals surface area contributed by atoms with Crippen LogP contribution in [-0.4, -0.2) is 20.2 Å². The molecule has 0 bridgehead atoms. The normalized spacial score (nSPS) is 16.2. The maximum atomic E-state index is 11.8. The number of allylic oxidation sites excluding steroid dienone is 1. The van der Waals surface area contributed by atoms with Gasteiger partial charge < -0.3 is 4.43 Å². The largest absolute Gasteiger partial charge is 0.407 e. The molecular formula is C15H30O2Si. The summed E-state index contributed by atoms with van der Waals surface area (Å²) < 4.78 is 6.24. The van der Waals surface area contributed by atoms with Crippen LogP contribution in [0.3, 0.4) is 0 Å². The highest BCUT2D eigenvalue weighted by Crippen LogP contribution is 2.38. The number of hydrogen-bond donors (Lipinski definition) is 0. The van der Waals surface area contributed by atoms with Crippen LogP contribution in [0.2, 0.25) is 18.1 Å². The van der Waals surface area contributed by atoms with E-state index in [4.69, 9.17) is 4.43 Å². The van der Waals surface area contributed by atoms with Crippen molar-refractivity contribution < 1.29 is 9.22 Å². The molecule has 0 amide bonds. The second-order valence-corrected chi connectivity index (χ2v) is 11.6. The van der Waals surface area contributed by atoms with Gasteiger partial charge in [-0.3, -0.25) is 4.79 Å². The van der Waals surface area contributed by atoms with Gasteiger partial charge in [-0.1, -0.05) is 33.8 Å². The molecule has 0 N–H and O–H groups in total. The van der Waals surface area contributed by atoms with E-state index in [1.54, 1.807) is 6.92 Å². The molecule has 2 nitrogen and oxygen atoms in total. The first kappa shape index (κ1) is 17.6. The van der Waals surface area contributed by atoms with Gasteiger partial charge in [-0.25, -0.2) is 0 Å². The minimum Gasteiger partial charge on any atom is -0.407 e. The second kappa shape index (κ2) is 6.67. The van der Waals surface area contributed by atoms with E-state index < -0.39 is 8.32 Å². The summed E-state index contributed by atoms with van der Waals surface area (Å²) in [6, 6.07) is 0. The zero-order valence-electron chi connectivity index (χ0n) is 13.2. The minimum absolute atomic E-state index is 0.141. The van der Waals surface area contributed by atoms with Crippen LogP contribution in [0.25, 0.3) is 0 Å². The summed E-state index contributed by atoms with van der Waals surface area (Å²) in [7, 11) is -1.87. The Labute approximate surface area is 114 Å². The summed E-state index contributed by atoms with van der Waals surface area (Å²) in [6.07, 6.45) is 3.40. The van der Waals surface area contributed by atoms with Crippen LogP contribution in [0.5, 0.6) is 0 Å². The van der Waals surface area contributed by atoms with Crippen LogP contribution < -0.4 is 0 Å². The Morgan fingerprint density at radius 3 is 2.22 bits per heavy atom. The summed E-state index contributed by atoms with van der Waals surface area (Å²) >= 11 is 0. The zero-order chi connectivity index (χ0) is 14.6. The lowest BCUT2D eigenvalue weighted by atomic mass is 9.98. The third-order valence-electron chi connectivity index (χ3n) is 3.88. The Balaban J connectivity index is 4.74. The maximum Gasteiger partial charge on any atom is 0.193 e. The predicted molar refractivity (Wildman–Crippen MR) is 81.3 cm³/mol. The van der Waals surface area contributed by atoms with Crippen molar-refractivity contribution in [3.05, 3.63) is 12.7 Å². The minimum atomic E-state index is -1.87. The molecule has 0 aromatic rings. The molecule has 0 rings (SSSR count). The van der Waals surface area contributed by atoms with Crippen molar-refractivity contribution in [1.82, 2.24) is 0 Å². The van der Waals surface area contributed by atoms with Gasteiger partial charge in [0.05, 0.1) is 0 Å². The lowest BCUT2D eigenvalue weighted by molar-refractivity contribution is -0.124. The summed E-state index contributed by atoms with van der Waals surface area (Å²) in [5.41, 5.74) is 0. The van der Waals surface area contributed by atoms with Crippen molar-refractivity contribution in [3.63, 3.8) is 0 Å². The zero-order valence-corrected chi connectivity index (χ0v) is 14.2. The molecule has 0 aliphatic rings. The van der Waals surface area contributed by atoms with E-state index in [0.29, 0.717) is 5.92 Å². The molecule has 18 heavy (non-hydrogen) atoms. The van der Waals surface area contributed by atoms with Crippen molar-refractivity contribution >= 4 is 14.1 Å². The quantitative estimate of drug-likeness (QED) is 0.500. The highest BCUT2D eigenvalue weighted by Gasteiger charge is 2.40. The van der Waals surface area contributed by atoms with Crippen molar-refractivity contribution in [2.75, 3.05) is 0 Å². The van der Waals surface area contributed by atoms with Gasteiger partial charge in [0.2, 0.25) is 0 Å². The first-order chi connectivity index (χ1) is 8.01. The van der Waals surface area contributed by atoms with Gasteiger partial charge in [-0.05, 0) is 43.8 Å². The van der Waals surface area contributed by atoms with E-state index in [2.05, 4.69) is 47.4 Å². The molecule has 0 radical (unpaired) electrons. The number of Topliss-reactive ketones (excluding diaryl/α,β-unsaturated/α-hetero) is 1. The van der Waals surface area contributed by atoms with Crippen LogP contribution in [0.4, 0.5) is 0 Å².